The smallest absolute Gasteiger partial charge is 0.317 e. The second-order valence-electron chi connectivity index (χ2n) is 6.95. The number of esters is 2. The fraction of sp³-hybridized carbons (Fsp3) is 0.667. The minimum atomic E-state index is -0.994. The number of carbonyl (C=O) groups excluding carboxylic acids is 4. The monoisotopic (exact) mass is 436 g/mol. The van der Waals surface area contributed by atoms with E-state index in [4.69, 9.17) is 21.7 Å². The summed E-state index contributed by atoms with van der Waals surface area (Å²) >= 11 is 0. The molecule has 30 heavy (non-hydrogen) atoms. The maximum absolute atomic E-state index is 10.6. The highest BCUT2D eigenvalue weighted by Gasteiger charge is 2.37. The first kappa shape index (κ1) is 31.7. The van der Waals surface area contributed by atoms with Crippen LogP contribution in [0.25, 0.3) is 0 Å². The average molecular weight is 436 g/mol. The normalized spacial score (nSPS) is 21.0. The number of hydrogen-bond acceptors (Lipinski definition) is 7. The molecule has 0 aromatic rings. The van der Waals surface area contributed by atoms with Crippen LogP contribution >= 0.6 is 0 Å². The van der Waals surface area contributed by atoms with Crippen LogP contribution in [0.4, 0.5) is 0 Å². The van der Waals surface area contributed by atoms with Gasteiger partial charge in [0.25, 0.3) is 0 Å². The Hall–Kier alpha value is -3.02. The van der Waals surface area contributed by atoms with Gasteiger partial charge in [0.2, 0.25) is 11.8 Å². The molecule has 0 aromatic heterocycles. The Balaban J connectivity index is -0.000000359. The molecule has 12 nitrogen and oxygen atoms in total. The van der Waals surface area contributed by atoms with Crippen LogP contribution in [-0.4, -0.2) is 45.9 Å². The zero-order valence-corrected chi connectivity index (χ0v) is 18.4. The van der Waals surface area contributed by atoms with Gasteiger partial charge in [-0.1, -0.05) is 41.5 Å². The third kappa shape index (κ3) is 10.5. The summed E-state index contributed by atoms with van der Waals surface area (Å²) in [4.78, 5) is 62.4. The molecule has 1 fully saturated rings. The highest BCUT2D eigenvalue weighted by molar-refractivity contribution is 5.95. The van der Waals surface area contributed by atoms with Crippen LogP contribution in [-0.2, 0) is 33.5 Å². The molecule has 6 unspecified atom stereocenters. The van der Waals surface area contributed by atoms with Gasteiger partial charge in [-0.15, -0.1) is 0 Å². The fourth-order valence-electron chi connectivity index (χ4n) is 1.61. The molecule has 0 radical (unpaired) electrons. The lowest BCUT2D eigenvalue weighted by Crippen LogP contribution is -2.30. The van der Waals surface area contributed by atoms with Crippen molar-refractivity contribution < 1.29 is 43.7 Å². The van der Waals surface area contributed by atoms with Crippen molar-refractivity contribution in [1.29, 1.82) is 0 Å². The predicted molar refractivity (Wildman–Crippen MR) is 106 cm³/mol. The van der Waals surface area contributed by atoms with Crippen LogP contribution in [0, 0.1) is 35.5 Å². The second-order valence-corrected chi connectivity index (χ2v) is 6.95. The van der Waals surface area contributed by atoms with Crippen molar-refractivity contribution in [3.8, 4) is 0 Å². The van der Waals surface area contributed by atoms with Crippen molar-refractivity contribution in [1.82, 2.24) is 6.15 Å². The first-order chi connectivity index (χ1) is 13.1. The topological polar surface area (TPSA) is 241 Å². The minimum absolute atomic E-state index is 0. The Kier molecular flexibility index (Phi) is 14.8. The summed E-state index contributed by atoms with van der Waals surface area (Å²) < 4.78 is 4.31. The van der Waals surface area contributed by atoms with Gasteiger partial charge >= 0.3 is 23.9 Å². The zero-order chi connectivity index (χ0) is 23.6. The van der Waals surface area contributed by atoms with E-state index in [9.17, 15) is 28.8 Å². The summed E-state index contributed by atoms with van der Waals surface area (Å²) in [5.74, 6) is -7.03. The van der Waals surface area contributed by atoms with E-state index in [1.807, 2.05) is 0 Å². The third-order valence-electron chi connectivity index (χ3n) is 4.87. The summed E-state index contributed by atoms with van der Waals surface area (Å²) in [6.45, 7) is 9.30. The summed E-state index contributed by atoms with van der Waals surface area (Å²) in [6.07, 6.45) is 0. The molecule has 1 aliphatic rings. The summed E-state index contributed by atoms with van der Waals surface area (Å²) in [5.41, 5.74) is 9.74. The predicted octanol–water partition coefficient (Wildman–Crippen LogP) is 0.375. The molecular weight excluding hydrogens is 402 g/mol. The maximum atomic E-state index is 10.6. The van der Waals surface area contributed by atoms with Crippen LogP contribution < -0.4 is 17.6 Å². The van der Waals surface area contributed by atoms with Gasteiger partial charge in [-0.2, -0.15) is 0 Å². The molecule has 0 bridgehead atoms. The molecule has 10 N–H and O–H groups in total. The number of carboxylic acids is 2. The second kappa shape index (κ2) is 14.0. The van der Waals surface area contributed by atoms with Gasteiger partial charge < -0.3 is 32.6 Å². The van der Waals surface area contributed by atoms with Crippen LogP contribution in [0.5, 0.6) is 0 Å². The van der Waals surface area contributed by atoms with E-state index in [0.29, 0.717) is 0 Å². The van der Waals surface area contributed by atoms with Crippen molar-refractivity contribution in [3.63, 3.8) is 0 Å². The van der Waals surface area contributed by atoms with Crippen molar-refractivity contribution in [3.05, 3.63) is 0 Å². The van der Waals surface area contributed by atoms with Gasteiger partial charge in [-0.25, -0.2) is 0 Å². The van der Waals surface area contributed by atoms with Crippen LogP contribution in [0.1, 0.15) is 41.5 Å². The van der Waals surface area contributed by atoms with Crippen molar-refractivity contribution >= 4 is 35.7 Å². The SMILES string of the molecule is CC(C(N)=O)C(C)C(=O)O.CC(C(N)=O)C(C)C(=O)O.CC1C(=O)OC(=O)C1C.[NH4+]. The summed E-state index contributed by atoms with van der Waals surface area (Å²) in [5, 5.41) is 16.8. The lowest BCUT2D eigenvalue weighted by atomic mass is 9.96. The minimum Gasteiger partial charge on any atom is -0.481 e. The quantitative estimate of drug-likeness (QED) is 0.285. The van der Waals surface area contributed by atoms with Gasteiger partial charge in [-0.05, 0) is 0 Å². The summed E-state index contributed by atoms with van der Waals surface area (Å²) in [7, 11) is 0. The number of cyclic esters (lactones) is 2. The molecule has 2 amide bonds. The first-order valence-corrected chi connectivity index (χ1v) is 8.85. The van der Waals surface area contributed by atoms with E-state index in [-0.39, 0.29) is 18.0 Å². The molecule has 1 saturated heterocycles. The summed E-state index contributed by atoms with van der Waals surface area (Å²) in [6, 6.07) is 0. The van der Waals surface area contributed by atoms with E-state index >= 15 is 0 Å². The van der Waals surface area contributed by atoms with E-state index in [0.717, 1.165) is 0 Å². The van der Waals surface area contributed by atoms with E-state index in [2.05, 4.69) is 4.74 Å². The Labute approximate surface area is 174 Å². The number of aliphatic carboxylic acids is 2. The largest absolute Gasteiger partial charge is 0.481 e. The van der Waals surface area contributed by atoms with E-state index in [1.54, 1.807) is 13.8 Å². The molecule has 0 saturated carbocycles. The number of amides is 2. The lowest BCUT2D eigenvalue weighted by molar-refractivity contribution is -0.153. The van der Waals surface area contributed by atoms with Gasteiger partial charge in [0.1, 0.15) is 0 Å². The number of nitrogens with two attached hydrogens (primary N) is 2. The van der Waals surface area contributed by atoms with Gasteiger partial charge in [0.15, 0.2) is 0 Å². The van der Waals surface area contributed by atoms with Gasteiger partial charge in [0.05, 0.1) is 23.7 Å². The number of carboxylic acid groups (broad SMARTS) is 2. The van der Waals surface area contributed by atoms with Crippen molar-refractivity contribution in [2.45, 2.75) is 41.5 Å². The highest BCUT2D eigenvalue weighted by Crippen LogP contribution is 2.21. The third-order valence-corrected chi connectivity index (χ3v) is 4.87. The number of primary amides is 2. The number of ether oxygens (including phenoxy) is 1. The maximum Gasteiger partial charge on any atom is 0.317 e. The number of carbonyl (C=O) groups is 6. The number of quaternary nitrogens is 1. The lowest BCUT2D eigenvalue weighted by Gasteiger charge is -2.10. The van der Waals surface area contributed by atoms with Crippen molar-refractivity contribution in [2.75, 3.05) is 0 Å². The Morgan fingerprint density at radius 2 is 0.967 bits per heavy atom. The molecule has 0 spiro atoms. The van der Waals surface area contributed by atoms with Gasteiger partial charge in [-0.3, -0.25) is 28.8 Å². The highest BCUT2D eigenvalue weighted by atomic mass is 16.6. The molecule has 6 atom stereocenters. The molecule has 1 aliphatic heterocycles. The average Bonchev–Trinajstić information content (AvgIpc) is 2.85. The van der Waals surface area contributed by atoms with Crippen LogP contribution in [0.3, 0.4) is 0 Å². The van der Waals surface area contributed by atoms with Crippen molar-refractivity contribution in [2.24, 2.45) is 47.0 Å². The van der Waals surface area contributed by atoms with Gasteiger partial charge in [0, 0.05) is 11.8 Å². The molecular formula is C18H34N3O9+. The number of hydrogen-bond donors (Lipinski definition) is 5. The molecule has 1 heterocycles. The van der Waals surface area contributed by atoms with Crippen LogP contribution in [0.2, 0.25) is 0 Å². The van der Waals surface area contributed by atoms with E-state index in [1.165, 1.54) is 27.7 Å². The molecule has 12 heteroatoms. The Bertz CT molecular complexity index is 561. The zero-order valence-electron chi connectivity index (χ0n) is 18.4. The Morgan fingerprint density at radius 1 is 0.733 bits per heavy atom. The standard InChI is InChI=1S/2C6H11NO3.C6H8O3.H3N/c2*1-3(5(7)8)4(2)6(9)10;1-3-4(2)6(8)9-5(3)7;/h2*3-4H,1-2H3,(H2,7,8)(H,9,10);3-4H,1-2H3;1H3/p+1. The van der Waals surface area contributed by atoms with E-state index < -0.39 is 59.4 Å². The molecule has 174 valence electrons. The fourth-order valence-corrected chi connectivity index (χ4v) is 1.61. The number of rotatable bonds is 6. The first-order valence-electron chi connectivity index (χ1n) is 8.85. The molecule has 1 rings (SSSR count). The Morgan fingerprint density at radius 3 is 1.03 bits per heavy atom. The molecule has 0 aliphatic carbocycles. The van der Waals surface area contributed by atoms with Crippen LogP contribution in [0.15, 0.2) is 0 Å². The molecule has 0 aromatic carbocycles.